The van der Waals surface area contributed by atoms with Crippen LogP contribution in [0.1, 0.15) is 39.2 Å². The molecule has 0 radical (unpaired) electrons. The van der Waals surface area contributed by atoms with E-state index in [4.69, 9.17) is 0 Å². The van der Waals surface area contributed by atoms with Crippen LogP contribution in [-0.2, 0) is 5.41 Å². The summed E-state index contributed by atoms with van der Waals surface area (Å²) in [4.78, 5) is 2.30. The molecule has 0 aliphatic rings. The molecule has 0 aromatic heterocycles. The highest BCUT2D eigenvalue weighted by atomic mass is 15.1. The van der Waals surface area contributed by atoms with Crippen LogP contribution in [0.5, 0.6) is 0 Å². The number of nitriles is 1. The largest absolute Gasteiger partial charge is 0.307 e. The molecule has 0 amide bonds. The smallest absolute Gasteiger partial charge is 0.0845 e. The molecule has 1 atom stereocenters. The Bertz CT molecular complexity index is 405. The minimum Gasteiger partial charge on any atom is -0.307 e. The third-order valence-electron chi connectivity index (χ3n) is 4.12. The first-order valence-electron chi connectivity index (χ1n) is 7.22. The summed E-state index contributed by atoms with van der Waals surface area (Å²) in [5.74, 6) is 0.326. The molecule has 2 heteroatoms. The molecule has 0 bridgehead atoms. The van der Waals surface area contributed by atoms with Crippen molar-refractivity contribution in [2.75, 3.05) is 20.1 Å². The lowest BCUT2D eigenvalue weighted by atomic mass is 9.70. The Morgan fingerprint density at radius 3 is 2.37 bits per heavy atom. The maximum atomic E-state index is 9.76. The van der Waals surface area contributed by atoms with Gasteiger partial charge in [0.1, 0.15) is 0 Å². The van der Waals surface area contributed by atoms with E-state index >= 15 is 0 Å². The van der Waals surface area contributed by atoms with Crippen LogP contribution in [0.3, 0.4) is 0 Å². The summed E-state index contributed by atoms with van der Waals surface area (Å²) in [5, 5.41) is 9.76. The van der Waals surface area contributed by atoms with Crippen LogP contribution in [0.2, 0.25) is 0 Å². The van der Waals surface area contributed by atoms with Gasteiger partial charge < -0.3 is 4.90 Å². The molecule has 0 saturated heterocycles. The number of hydrogen-bond donors (Lipinski definition) is 0. The van der Waals surface area contributed by atoms with Gasteiger partial charge in [-0.2, -0.15) is 5.26 Å². The van der Waals surface area contributed by atoms with E-state index in [0.717, 1.165) is 31.5 Å². The van der Waals surface area contributed by atoms with Gasteiger partial charge in [0.2, 0.25) is 0 Å². The molecule has 0 heterocycles. The number of rotatable bonds is 7. The van der Waals surface area contributed by atoms with Crippen LogP contribution in [-0.4, -0.2) is 25.0 Å². The van der Waals surface area contributed by atoms with Crippen molar-refractivity contribution in [3.05, 3.63) is 35.9 Å². The molecule has 1 unspecified atom stereocenters. The Morgan fingerprint density at radius 1 is 1.26 bits per heavy atom. The van der Waals surface area contributed by atoms with Crippen molar-refractivity contribution >= 4 is 0 Å². The van der Waals surface area contributed by atoms with E-state index < -0.39 is 0 Å². The molecule has 0 N–H and O–H groups in total. The van der Waals surface area contributed by atoms with Crippen molar-refractivity contribution in [3.8, 4) is 6.07 Å². The van der Waals surface area contributed by atoms with Gasteiger partial charge in [0.15, 0.2) is 0 Å². The van der Waals surface area contributed by atoms with E-state index in [1.54, 1.807) is 0 Å². The summed E-state index contributed by atoms with van der Waals surface area (Å²) in [6.07, 6.45) is 1.99. The molecular weight excluding hydrogens is 232 g/mol. The zero-order valence-electron chi connectivity index (χ0n) is 12.7. The van der Waals surface area contributed by atoms with E-state index in [1.165, 1.54) is 0 Å². The van der Waals surface area contributed by atoms with Crippen LogP contribution in [0, 0.1) is 17.2 Å². The lowest BCUT2D eigenvalue weighted by molar-refractivity contribution is 0.301. The van der Waals surface area contributed by atoms with Gasteiger partial charge >= 0.3 is 0 Å². The minimum absolute atomic E-state index is 0.326. The Labute approximate surface area is 118 Å². The molecule has 1 rings (SSSR count). The van der Waals surface area contributed by atoms with E-state index in [9.17, 15) is 5.26 Å². The summed E-state index contributed by atoms with van der Waals surface area (Å²) in [6.45, 7) is 8.59. The maximum absolute atomic E-state index is 9.76. The molecule has 19 heavy (non-hydrogen) atoms. The first-order chi connectivity index (χ1) is 9.06. The van der Waals surface area contributed by atoms with Crippen LogP contribution >= 0.6 is 0 Å². The van der Waals surface area contributed by atoms with Gasteiger partial charge in [-0.05, 0) is 44.5 Å². The molecule has 0 fully saturated rings. The summed E-state index contributed by atoms with van der Waals surface area (Å²) in [6, 6.07) is 12.9. The topological polar surface area (TPSA) is 27.0 Å². The molecule has 1 aromatic carbocycles. The number of nitrogens with zero attached hydrogens (tertiary/aromatic N) is 2. The van der Waals surface area contributed by atoms with Crippen molar-refractivity contribution in [1.82, 2.24) is 4.90 Å². The summed E-state index contributed by atoms with van der Waals surface area (Å²) in [7, 11) is 2.13. The van der Waals surface area contributed by atoms with Gasteiger partial charge in [-0.3, -0.25) is 0 Å². The first-order valence-corrected chi connectivity index (χ1v) is 7.22. The van der Waals surface area contributed by atoms with Crippen LogP contribution < -0.4 is 0 Å². The highest BCUT2D eigenvalue weighted by molar-refractivity contribution is 5.33. The van der Waals surface area contributed by atoms with E-state index in [1.807, 2.05) is 18.2 Å². The second kappa shape index (κ2) is 7.31. The summed E-state index contributed by atoms with van der Waals surface area (Å²) in [5.41, 5.74) is 0.808. The SMILES string of the molecule is CCN(C)CCCC(C#N)(c1ccccc1)C(C)C. The molecular formula is C17H26N2. The third kappa shape index (κ3) is 3.81. The normalized spacial score (nSPS) is 14.4. The lowest BCUT2D eigenvalue weighted by Crippen LogP contribution is -2.32. The van der Waals surface area contributed by atoms with Gasteiger partial charge in [0.05, 0.1) is 11.5 Å². The van der Waals surface area contributed by atoms with Crippen LogP contribution in [0.15, 0.2) is 30.3 Å². The van der Waals surface area contributed by atoms with Gasteiger partial charge in [-0.25, -0.2) is 0 Å². The van der Waals surface area contributed by atoms with Crippen molar-refractivity contribution < 1.29 is 0 Å². The number of hydrogen-bond acceptors (Lipinski definition) is 2. The molecule has 2 nitrogen and oxygen atoms in total. The number of benzene rings is 1. The Kier molecular flexibility index (Phi) is 6.05. The lowest BCUT2D eigenvalue weighted by Gasteiger charge is -2.32. The fraction of sp³-hybridized carbons (Fsp3) is 0.588. The predicted molar refractivity (Wildman–Crippen MR) is 81.0 cm³/mol. The predicted octanol–water partition coefficient (Wildman–Crippen LogP) is 3.84. The van der Waals surface area contributed by atoms with Crippen LogP contribution in [0.4, 0.5) is 0 Å². The zero-order chi connectivity index (χ0) is 14.3. The van der Waals surface area contributed by atoms with E-state index in [-0.39, 0.29) is 5.41 Å². The second-order valence-corrected chi connectivity index (χ2v) is 5.60. The molecule has 104 valence electrons. The van der Waals surface area contributed by atoms with Crippen LogP contribution in [0.25, 0.3) is 0 Å². The fourth-order valence-corrected chi connectivity index (χ4v) is 2.54. The van der Waals surface area contributed by atoms with E-state index in [0.29, 0.717) is 5.92 Å². The first kappa shape index (κ1) is 15.7. The highest BCUT2D eigenvalue weighted by Gasteiger charge is 2.35. The monoisotopic (exact) mass is 258 g/mol. The molecule has 0 aliphatic heterocycles. The Morgan fingerprint density at radius 2 is 1.89 bits per heavy atom. The fourth-order valence-electron chi connectivity index (χ4n) is 2.54. The van der Waals surface area contributed by atoms with Crippen molar-refractivity contribution in [2.24, 2.45) is 5.92 Å². The van der Waals surface area contributed by atoms with Crippen molar-refractivity contribution in [3.63, 3.8) is 0 Å². The summed E-state index contributed by atoms with van der Waals surface area (Å²) >= 11 is 0. The minimum atomic E-state index is -0.351. The standard InChI is InChI=1S/C17H26N2/c1-5-19(4)13-9-12-17(14-18,15(2)3)16-10-7-6-8-11-16/h6-8,10-11,15H,5,9,12-13H2,1-4H3. The Hall–Kier alpha value is -1.33. The quantitative estimate of drug-likeness (QED) is 0.743. The van der Waals surface area contributed by atoms with Crippen molar-refractivity contribution in [1.29, 1.82) is 5.26 Å². The average Bonchev–Trinajstić information content (AvgIpc) is 2.44. The highest BCUT2D eigenvalue weighted by Crippen LogP contribution is 2.36. The third-order valence-corrected chi connectivity index (χ3v) is 4.12. The average molecular weight is 258 g/mol. The van der Waals surface area contributed by atoms with Gasteiger partial charge in [-0.1, -0.05) is 51.1 Å². The van der Waals surface area contributed by atoms with Crippen molar-refractivity contribution in [2.45, 2.75) is 39.0 Å². The second-order valence-electron chi connectivity index (χ2n) is 5.60. The zero-order valence-corrected chi connectivity index (χ0v) is 12.7. The maximum Gasteiger partial charge on any atom is 0.0845 e. The van der Waals surface area contributed by atoms with Gasteiger partial charge in [-0.15, -0.1) is 0 Å². The van der Waals surface area contributed by atoms with E-state index in [2.05, 4.69) is 50.9 Å². The van der Waals surface area contributed by atoms with Gasteiger partial charge in [0, 0.05) is 0 Å². The molecule has 1 aromatic rings. The van der Waals surface area contributed by atoms with Gasteiger partial charge in [0.25, 0.3) is 0 Å². The molecule has 0 aliphatic carbocycles. The summed E-state index contributed by atoms with van der Waals surface area (Å²) < 4.78 is 0. The molecule has 0 saturated carbocycles. The molecule has 0 spiro atoms. The Balaban J connectivity index is 2.86.